The predicted octanol–water partition coefficient (Wildman–Crippen LogP) is 0.902. The van der Waals surface area contributed by atoms with Gasteiger partial charge in [-0.3, -0.25) is 37.3 Å². The third-order valence-electron chi connectivity index (χ3n) is 5.70. The van der Waals surface area contributed by atoms with Gasteiger partial charge < -0.3 is 11.5 Å². The highest BCUT2D eigenvalue weighted by Crippen LogP contribution is 2.28. The van der Waals surface area contributed by atoms with Crippen molar-refractivity contribution in [2.45, 2.75) is 54.4 Å². The summed E-state index contributed by atoms with van der Waals surface area (Å²) < 4.78 is 140. The second-order valence-electron chi connectivity index (χ2n) is 9.82. The van der Waals surface area contributed by atoms with Gasteiger partial charge >= 0.3 is 31.2 Å². The van der Waals surface area contributed by atoms with Gasteiger partial charge in [0.25, 0.3) is 0 Å². The van der Waals surface area contributed by atoms with Gasteiger partial charge in [-0.1, -0.05) is 13.8 Å². The third kappa shape index (κ3) is 29.4. The van der Waals surface area contributed by atoms with Gasteiger partial charge in [-0.05, 0) is 87.1 Å². The Balaban J connectivity index is -0.000000649. The van der Waals surface area contributed by atoms with Crippen LogP contribution in [-0.2, 0) is 64.1 Å². The molecule has 12 N–H and O–H groups in total. The number of nitrogen functional groups attached to an aromatic ring is 2. The summed E-state index contributed by atoms with van der Waals surface area (Å²) in [5, 5.41) is 3.25. The zero-order chi connectivity index (χ0) is 41.3. The Morgan fingerprint density at radius 3 is 0.902 bits per heavy atom. The van der Waals surface area contributed by atoms with Crippen LogP contribution in [0.3, 0.4) is 0 Å². The SMILES string of the molecule is CCc1c(N(CC)NS(C)(=O)=O)ccc(N)c1C.CCc1c(N(CC)NS(C)(=O)=O)ccc(N)c1C.O=S(=O)(O)O.O=S(=O)(O)O.O=S(=O)(O)O. The molecule has 0 radical (unpaired) electrons. The molecule has 0 aliphatic carbocycles. The van der Waals surface area contributed by atoms with Gasteiger partial charge in [-0.15, -0.1) is 9.66 Å². The van der Waals surface area contributed by atoms with Gasteiger partial charge in [0.05, 0.1) is 23.9 Å². The number of nitrogens with two attached hydrogens (primary N) is 2. The lowest BCUT2D eigenvalue weighted by Crippen LogP contribution is -2.42. The number of hydrogen-bond donors (Lipinski definition) is 10. The fourth-order valence-corrected chi connectivity index (χ4v) is 5.14. The number of nitrogens with one attached hydrogen (secondary N) is 2. The van der Waals surface area contributed by atoms with E-state index in [9.17, 15) is 16.8 Å². The lowest BCUT2D eigenvalue weighted by Gasteiger charge is -2.26. The van der Waals surface area contributed by atoms with Gasteiger partial charge in [0, 0.05) is 24.5 Å². The van der Waals surface area contributed by atoms with Crippen molar-refractivity contribution in [1.29, 1.82) is 0 Å². The van der Waals surface area contributed by atoms with Crippen LogP contribution in [0.2, 0.25) is 0 Å². The molecule has 300 valence electrons. The normalized spacial score (nSPS) is 11.6. The molecule has 0 saturated carbocycles. The van der Waals surface area contributed by atoms with Crippen molar-refractivity contribution in [3.05, 3.63) is 46.5 Å². The molecule has 27 heteroatoms. The van der Waals surface area contributed by atoms with Crippen LogP contribution < -0.4 is 31.1 Å². The van der Waals surface area contributed by atoms with Crippen molar-refractivity contribution in [2.24, 2.45) is 0 Å². The predicted molar refractivity (Wildman–Crippen MR) is 194 cm³/mol. The largest absolute Gasteiger partial charge is 0.399 e. The third-order valence-corrected chi connectivity index (χ3v) is 6.81. The van der Waals surface area contributed by atoms with E-state index in [4.69, 9.17) is 64.0 Å². The first kappa shape index (κ1) is 52.4. The van der Waals surface area contributed by atoms with E-state index in [0.29, 0.717) is 13.1 Å². The van der Waals surface area contributed by atoms with E-state index in [-0.39, 0.29) is 0 Å². The summed E-state index contributed by atoms with van der Waals surface area (Å²) in [6.45, 7) is 12.8. The monoisotopic (exact) mass is 836 g/mol. The lowest BCUT2D eigenvalue weighted by molar-refractivity contribution is 0.378. The number of benzene rings is 2. The molecule has 0 amide bonds. The molecule has 0 aliphatic rings. The van der Waals surface area contributed by atoms with Gasteiger partial charge in [0.15, 0.2) is 0 Å². The standard InChI is InChI=1S/2C12H21N3O2S.3H2O4S/c2*1-5-10-9(3)11(13)7-8-12(10)15(6-2)14-18(4,16)17;3*1-5(2,3)4/h2*7-8,14H,5-6,13H2,1-4H3;3*(H2,1,2,3,4). The van der Waals surface area contributed by atoms with E-state index >= 15 is 0 Å². The molecule has 0 aliphatic heterocycles. The van der Waals surface area contributed by atoms with E-state index in [1.165, 1.54) is 0 Å². The van der Waals surface area contributed by atoms with Crippen molar-refractivity contribution in [1.82, 2.24) is 9.66 Å². The Bertz CT molecular complexity index is 1770. The Morgan fingerprint density at radius 2 is 0.745 bits per heavy atom. The van der Waals surface area contributed by atoms with E-state index in [1.807, 2.05) is 53.7 Å². The van der Waals surface area contributed by atoms with Crippen molar-refractivity contribution in [3.8, 4) is 0 Å². The highest BCUT2D eigenvalue weighted by molar-refractivity contribution is 7.89. The van der Waals surface area contributed by atoms with Crippen LogP contribution in [0.4, 0.5) is 22.7 Å². The fraction of sp³-hybridized carbons (Fsp3) is 0.500. The zero-order valence-electron chi connectivity index (χ0n) is 29.0. The number of rotatable bonds is 10. The van der Waals surface area contributed by atoms with Gasteiger partial charge in [0.2, 0.25) is 20.0 Å². The van der Waals surface area contributed by atoms with Crippen LogP contribution in [-0.4, -0.2) is 95.0 Å². The summed E-state index contributed by atoms with van der Waals surface area (Å²) in [4.78, 5) is 5.02. The summed E-state index contributed by atoms with van der Waals surface area (Å²) >= 11 is 0. The molecule has 0 aromatic heterocycles. The maximum Gasteiger partial charge on any atom is 0.394 e. The average Bonchev–Trinajstić information content (AvgIpc) is 2.90. The van der Waals surface area contributed by atoms with Crippen LogP contribution in [0.25, 0.3) is 0 Å². The maximum absolute atomic E-state index is 11.3. The van der Waals surface area contributed by atoms with Crippen molar-refractivity contribution in [2.75, 3.05) is 47.1 Å². The summed E-state index contributed by atoms with van der Waals surface area (Å²) in [5.41, 5.74) is 19.1. The van der Waals surface area contributed by atoms with Crippen LogP contribution in [0.15, 0.2) is 24.3 Å². The number of anilines is 4. The van der Waals surface area contributed by atoms with Crippen molar-refractivity contribution in [3.63, 3.8) is 0 Å². The van der Waals surface area contributed by atoms with Crippen molar-refractivity contribution >= 4 is 74.0 Å². The maximum atomic E-state index is 11.3. The minimum Gasteiger partial charge on any atom is -0.399 e. The van der Waals surface area contributed by atoms with E-state index < -0.39 is 51.2 Å². The molecule has 2 rings (SSSR count). The molecule has 0 fully saturated rings. The van der Waals surface area contributed by atoms with Crippen LogP contribution in [0.1, 0.15) is 49.9 Å². The molecule has 22 nitrogen and oxygen atoms in total. The highest BCUT2D eigenvalue weighted by Gasteiger charge is 2.16. The van der Waals surface area contributed by atoms with E-state index in [1.54, 1.807) is 22.2 Å². The minimum absolute atomic E-state index is 0.545. The van der Waals surface area contributed by atoms with Crippen molar-refractivity contribution < 1.29 is 69.4 Å². The van der Waals surface area contributed by atoms with Gasteiger partial charge in [-0.25, -0.2) is 16.8 Å². The second kappa shape index (κ2) is 22.2. The number of hydrazine groups is 2. The Kier molecular flexibility index (Phi) is 22.8. The molecule has 0 heterocycles. The summed E-state index contributed by atoms with van der Waals surface area (Å²) in [7, 11) is -20.6. The van der Waals surface area contributed by atoms with Crippen LogP contribution in [0.5, 0.6) is 0 Å². The Hall–Kier alpha value is -2.93. The lowest BCUT2D eigenvalue weighted by atomic mass is 10.0. The average molecular weight is 837 g/mol. The smallest absolute Gasteiger partial charge is 0.394 e. The molecule has 0 bridgehead atoms. The van der Waals surface area contributed by atoms with E-state index in [0.717, 1.165) is 70.4 Å². The number of hydrogen-bond acceptors (Lipinski definition) is 14. The Morgan fingerprint density at radius 1 is 0.529 bits per heavy atom. The molecular formula is C24H48N6O16S5. The Labute approximate surface area is 300 Å². The fourth-order valence-electron chi connectivity index (χ4n) is 3.89. The molecule has 51 heavy (non-hydrogen) atoms. The van der Waals surface area contributed by atoms with Gasteiger partial charge in [-0.2, -0.15) is 25.3 Å². The molecule has 2 aromatic carbocycles. The first-order valence-electron chi connectivity index (χ1n) is 13.9. The molecule has 0 saturated heterocycles. The van der Waals surface area contributed by atoms with Crippen LogP contribution >= 0.6 is 0 Å². The van der Waals surface area contributed by atoms with E-state index in [2.05, 4.69) is 9.66 Å². The summed E-state index contributed by atoms with van der Waals surface area (Å²) in [5.74, 6) is 0. The first-order chi connectivity index (χ1) is 22.6. The summed E-state index contributed by atoms with van der Waals surface area (Å²) in [6.07, 6.45) is 3.89. The number of sulfonamides is 2. The van der Waals surface area contributed by atoms with Crippen LogP contribution in [0, 0.1) is 13.8 Å². The topological polar surface area (TPSA) is 375 Å². The highest BCUT2D eigenvalue weighted by atomic mass is 32.3. The molecule has 2 aromatic rings. The minimum atomic E-state index is -4.67. The molecular weight excluding hydrogens is 789 g/mol. The summed E-state index contributed by atoms with van der Waals surface area (Å²) in [6, 6.07) is 7.30. The molecule has 0 atom stereocenters. The molecule has 0 unspecified atom stereocenters. The second-order valence-corrected chi connectivity index (χ2v) is 16.0. The number of nitrogens with zero attached hydrogens (tertiary/aromatic N) is 2. The quantitative estimate of drug-likeness (QED) is 0.0902. The molecule has 0 spiro atoms. The first-order valence-corrected chi connectivity index (χ1v) is 21.9. The zero-order valence-corrected chi connectivity index (χ0v) is 33.1. The van der Waals surface area contributed by atoms with Gasteiger partial charge in [0.1, 0.15) is 0 Å².